The van der Waals surface area contributed by atoms with Crippen molar-refractivity contribution in [3.63, 3.8) is 0 Å². The van der Waals surface area contributed by atoms with Crippen LogP contribution in [0.15, 0.2) is 24.3 Å². The Morgan fingerprint density at radius 1 is 0.706 bits per heavy atom. The van der Waals surface area contributed by atoms with E-state index in [1.165, 1.54) is 5.06 Å². The van der Waals surface area contributed by atoms with Crippen LogP contribution in [-0.4, -0.2) is 61.6 Å². The largest absolute Gasteiger partial charge is 0.459 e. The average Bonchev–Trinajstić information content (AvgIpc) is 2.69. The van der Waals surface area contributed by atoms with Gasteiger partial charge < -0.3 is 14.7 Å². The Morgan fingerprint density at radius 2 is 1.00 bits per heavy atom. The number of benzene rings is 1. The maximum atomic E-state index is 12.7. The molecule has 1 radical (unpaired) electrons. The van der Waals surface area contributed by atoms with Gasteiger partial charge in [-0.1, -0.05) is 0 Å². The van der Waals surface area contributed by atoms with Crippen LogP contribution in [-0.2, 0) is 14.7 Å². The predicted octanol–water partition coefficient (Wildman–Crippen LogP) is 4.78. The first kappa shape index (κ1) is 26.6. The second kappa shape index (κ2) is 8.90. The van der Waals surface area contributed by atoms with Crippen LogP contribution >= 0.6 is 0 Å². The second-order valence-electron chi connectivity index (χ2n) is 12.3. The molecule has 0 bridgehead atoms. The first-order valence-corrected chi connectivity index (χ1v) is 11.9. The van der Waals surface area contributed by atoms with Crippen LogP contribution in [0.5, 0.6) is 0 Å². The van der Waals surface area contributed by atoms with E-state index in [1.54, 1.807) is 24.3 Å². The first-order chi connectivity index (χ1) is 15.4. The van der Waals surface area contributed by atoms with Crippen LogP contribution in [0.25, 0.3) is 0 Å². The number of ether oxygens (including phenoxy) is 2. The summed E-state index contributed by atoms with van der Waals surface area (Å²) in [5, 5.41) is 25.4. The summed E-state index contributed by atoms with van der Waals surface area (Å²) in [6.07, 6.45) is 1.24. The smallest absolute Gasteiger partial charge is 0.338 e. The lowest BCUT2D eigenvalue weighted by atomic mass is 9.80. The van der Waals surface area contributed by atoms with Gasteiger partial charge >= 0.3 is 11.9 Å². The van der Waals surface area contributed by atoms with Gasteiger partial charge in [0, 0.05) is 47.8 Å². The Balaban J connectivity index is 1.62. The molecule has 2 aliphatic rings. The maximum absolute atomic E-state index is 12.7. The van der Waals surface area contributed by atoms with Crippen LogP contribution in [0.4, 0.5) is 0 Å². The summed E-state index contributed by atoms with van der Waals surface area (Å²) in [6, 6.07) is 6.24. The van der Waals surface area contributed by atoms with E-state index in [-0.39, 0.29) is 12.2 Å². The molecule has 8 heteroatoms. The molecule has 0 unspecified atom stereocenters. The van der Waals surface area contributed by atoms with Crippen LogP contribution in [0.1, 0.15) is 102 Å². The van der Waals surface area contributed by atoms with Crippen molar-refractivity contribution in [2.24, 2.45) is 0 Å². The van der Waals surface area contributed by atoms with Gasteiger partial charge in [-0.05, 0) is 79.7 Å². The van der Waals surface area contributed by atoms with Crippen molar-refractivity contribution in [3.05, 3.63) is 35.4 Å². The summed E-state index contributed by atoms with van der Waals surface area (Å²) in [4.78, 5) is 25.5. The molecular weight excluding hydrogens is 436 g/mol. The number of hydrogen-bond donors (Lipinski definition) is 1. The minimum atomic E-state index is -0.629. The standard InChI is InChI=1S/C26H39N2O6/c1-23(2)13-19(14-24(3,4)27(23)31)33-21(29)17-9-11-18(12-10-17)22(30)34-20-15-25(5,6)28(32)26(7,8)16-20/h9-12,19-20,31H,13-16H2,1-8H3. The number of carbonyl (C=O) groups excluding carboxylic acids is 2. The number of rotatable bonds is 4. The predicted molar refractivity (Wildman–Crippen MR) is 126 cm³/mol. The van der Waals surface area contributed by atoms with Crippen molar-refractivity contribution in [2.45, 2.75) is 115 Å². The highest BCUT2D eigenvalue weighted by Gasteiger charge is 2.48. The van der Waals surface area contributed by atoms with Gasteiger partial charge in [0.15, 0.2) is 0 Å². The monoisotopic (exact) mass is 475 g/mol. The van der Waals surface area contributed by atoms with E-state index >= 15 is 0 Å². The van der Waals surface area contributed by atoms with Crippen molar-refractivity contribution in [2.75, 3.05) is 0 Å². The summed E-state index contributed by atoms with van der Waals surface area (Å²) in [5.74, 6) is -0.941. The highest BCUT2D eigenvalue weighted by atomic mass is 16.6. The molecule has 0 saturated carbocycles. The third-order valence-corrected chi connectivity index (χ3v) is 7.06. The zero-order valence-electron chi connectivity index (χ0n) is 21.7. The summed E-state index contributed by atoms with van der Waals surface area (Å²) in [5.41, 5.74) is -1.61. The fourth-order valence-electron chi connectivity index (χ4n) is 5.70. The average molecular weight is 476 g/mol. The van der Waals surface area contributed by atoms with Crippen LogP contribution < -0.4 is 0 Å². The first-order valence-electron chi connectivity index (χ1n) is 11.9. The van der Waals surface area contributed by atoms with Crippen molar-refractivity contribution in [3.8, 4) is 0 Å². The molecule has 2 heterocycles. The van der Waals surface area contributed by atoms with Gasteiger partial charge in [-0.25, -0.2) is 9.59 Å². The fraction of sp³-hybridized carbons (Fsp3) is 0.692. The van der Waals surface area contributed by atoms with E-state index in [9.17, 15) is 20.0 Å². The lowest BCUT2D eigenvalue weighted by Gasteiger charge is -2.50. The molecule has 0 atom stereocenters. The molecule has 0 aromatic heterocycles. The number of esters is 2. The molecule has 0 spiro atoms. The summed E-state index contributed by atoms with van der Waals surface area (Å²) < 4.78 is 11.5. The van der Waals surface area contributed by atoms with E-state index in [0.717, 1.165) is 5.06 Å². The summed E-state index contributed by atoms with van der Waals surface area (Å²) in [7, 11) is 0. The van der Waals surface area contributed by atoms with Gasteiger partial charge in [0.05, 0.1) is 11.1 Å². The molecule has 189 valence electrons. The summed E-state index contributed by atoms with van der Waals surface area (Å²) in [6.45, 7) is 15.1. The van der Waals surface area contributed by atoms with Gasteiger partial charge in [0.1, 0.15) is 12.2 Å². The third-order valence-electron chi connectivity index (χ3n) is 7.06. The molecule has 1 N–H and O–H groups in total. The van der Waals surface area contributed by atoms with Gasteiger partial charge in [-0.2, -0.15) is 5.06 Å². The van der Waals surface area contributed by atoms with Gasteiger partial charge in [0.2, 0.25) is 0 Å². The third kappa shape index (κ3) is 5.46. The van der Waals surface area contributed by atoms with E-state index in [1.807, 2.05) is 55.4 Å². The van der Waals surface area contributed by atoms with E-state index < -0.39 is 34.1 Å². The quantitative estimate of drug-likeness (QED) is 0.626. The van der Waals surface area contributed by atoms with Crippen molar-refractivity contribution >= 4 is 11.9 Å². The molecule has 2 aliphatic heterocycles. The van der Waals surface area contributed by atoms with E-state index in [2.05, 4.69) is 0 Å². The Morgan fingerprint density at radius 3 is 1.32 bits per heavy atom. The number of nitrogens with zero attached hydrogens (tertiary/aromatic N) is 2. The minimum absolute atomic E-state index is 0.330. The molecular formula is C26H39N2O6. The van der Waals surface area contributed by atoms with Gasteiger partial charge in [-0.15, -0.1) is 10.3 Å². The van der Waals surface area contributed by atoms with Crippen molar-refractivity contribution in [1.82, 2.24) is 10.1 Å². The lowest BCUT2D eigenvalue weighted by molar-refractivity contribution is -0.298. The normalized spacial score (nSPS) is 25.0. The lowest BCUT2D eigenvalue weighted by Crippen LogP contribution is -2.60. The van der Waals surface area contributed by atoms with Crippen molar-refractivity contribution in [1.29, 1.82) is 0 Å². The zero-order valence-corrected chi connectivity index (χ0v) is 21.7. The SMILES string of the molecule is CC1(C)CC(OC(=O)c2ccc(C(=O)OC3CC(C)(C)N(O)C(C)(C)C3)cc2)CC(C)(C)N1[O]. The van der Waals surface area contributed by atoms with Gasteiger partial charge in [-0.3, -0.25) is 0 Å². The zero-order chi connectivity index (χ0) is 25.7. The number of hydroxylamine groups is 4. The highest BCUT2D eigenvalue weighted by Crippen LogP contribution is 2.39. The number of carbonyl (C=O) groups is 2. The van der Waals surface area contributed by atoms with E-state index in [4.69, 9.17) is 9.47 Å². The molecule has 34 heavy (non-hydrogen) atoms. The van der Waals surface area contributed by atoms with Crippen LogP contribution in [0.2, 0.25) is 0 Å². The topological polar surface area (TPSA) is 99.2 Å². The fourth-order valence-corrected chi connectivity index (χ4v) is 5.70. The second-order valence-corrected chi connectivity index (χ2v) is 12.3. The molecule has 2 fully saturated rings. The number of piperidine rings is 2. The van der Waals surface area contributed by atoms with E-state index in [0.29, 0.717) is 36.8 Å². The maximum Gasteiger partial charge on any atom is 0.338 e. The molecule has 3 rings (SSSR count). The van der Waals surface area contributed by atoms with Gasteiger partial charge in [0.25, 0.3) is 0 Å². The molecule has 1 aromatic rings. The highest BCUT2D eigenvalue weighted by molar-refractivity contribution is 5.93. The molecule has 0 aliphatic carbocycles. The summed E-state index contributed by atoms with van der Waals surface area (Å²) >= 11 is 0. The number of hydrogen-bond acceptors (Lipinski definition) is 7. The Bertz CT molecular complexity index is 811. The Kier molecular flexibility index (Phi) is 6.96. The minimum Gasteiger partial charge on any atom is -0.459 e. The molecule has 1 aromatic carbocycles. The molecule has 8 nitrogen and oxygen atoms in total. The van der Waals surface area contributed by atoms with Crippen molar-refractivity contribution < 1.29 is 29.5 Å². The molecule has 2 saturated heterocycles. The Labute approximate surface area is 202 Å². The van der Waals surface area contributed by atoms with Crippen LogP contribution in [0.3, 0.4) is 0 Å². The van der Waals surface area contributed by atoms with Crippen LogP contribution in [0, 0.1) is 0 Å². The molecule has 0 amide bonds. The Hall–Kier alpha value is -2.00.